The van der Waals surface area contributed by atoms with Gasteiger partial charge in [0.1, 0.15) is 17.8 Å². The van der Waals surface area contributed by atoms with Crippen molar-refractivity contribution in [3.63, 3.8) is 0 Å². The molecule has 1 heterocycles. The summed E-state index contributed by atoms with van der Waals surface area (Å²) in [5.74, 6) is -2.44. The lowest BCUT2D eigenvalue weighted by atomic mass is 9.86. The molecule has 3 rings (SSSR count). The number of aliphatic carboxylic acids is 1. The van der Waals surface area contributed by atoms with Crippen LogP contribution in [0.25, 0.3) is 0 Å². The summed E-state index contributed by atoms with van der Waals surface area (Å²) in [7, 11) is 0. The van der Waals surface area contributed by atoms with Crippen LogP contribution in [0.5, 0.6) is 5.75 Å². The molecule has 148 valence electrons. The second kappa shape index (κ2) is 8.54. The van der Waals surface area contributed by atoms with Crippen molar-refractivity contribution in [1.29, 1.82) is 0 Å². The minimum atomic E-state index is -1.21. The van der Waals surface area contributed by atoms with Gasteiger partial charge in [-0.25, -0.2) is 4.68 Å². The molecule has 0 bridgehead atoms. The van der Waals surface area contributed by atoms with Gasteiger partial charge in [0.15, 0.2) is 5.75 Å². The summed E-state index contributed by atoms with van der Waals surface area (Å²) in [5.41, 5.74) is -0.611. The molecule has 1 aromatic heterocycles. The molecule has 0 aliphatic heterocycles. The van der Waals surface area contributed by atoms with Crippen molar-refractivity contribution in [3.05, 3.63) is 21.6 Å². The fourth-order valence-electron chi connectivity index (χ4n) is 4.23. The lowest BCUT2D eigenvalue weighted by Crippen LogP contribution is -2.39. The summed E-state index contributed by atoms with van der Waals surface area (Å²) in [6.45, 7) is -0.609. The number of hydrogen-bond acceptors (Lipinski definition) is 5. The molecule has 8 nitrogen and oxygen atoms in total. The van der Waals surface area contributed by atoms with Gasteiger partial charge in [-0.1, -0.05) is 38.5 Å². The van der Waals surface area contributed by atoms with Crippen LogP contribution < -0.4 is 10.9 Å². The number of rotatable bonds is 5. The first-order chi connectivity index (χ1) is 13.0. The minimum Gasteiger partial charge on any atom is -0.505 e. The third-order valence-corrected chi connectivity index (χ3v) is 5.66. The summed E-state index contributed by atoms with van der Waals surface area (Å²) >= 11 is 0. The summed E-state index contributed by atoms with van der Waals surface area (Å²) < 4.78 is 1.37. The molecule has 0 aromatic carbocycles. The third-order valence-electron chi connectivity index (χ3n) is 5.66. The number of amides is 1. The van der Waals surface area contributed by atoms with Crippen LogP contribution in [-0.2, 0) is 4.79 Å². The molecule has 2 aliphatic rings. The van der Waals surface area contributed by atoms with Crippen LogP contribution in [0.15, 0.2) is 4.79 Å². The van der Waals surface area contributed by atoms with Gasteiger partial charge in [-0.05, 0) is 25.7 Å². The monoisotopic (exact) mass is 377 g/mol. The number of aromatic nitrogens is 2. The molecule has 0 atom stereocenters. The van der Waals surface area contributed by atoms with Crippen molar-refractivity contribution in [2.45, 2.75) is 76.2 Å². The number of aromatic hydroxyl groups is 1. The van der Waals surface area contributed by atoms with Crippen molar-refractivity contribution < 1.29 is 19.8 Å². The smallest absolute Gasteiger partial charge is 0.322 e. The molecular weight excluding hydrogens is 350 g/mol. The van der Waals surface area contributed by atoms with Gasteiger partial charge in [0.25, 0.3) is 11.5 Å². The average molecular weight is 377 g/mol. The Hall–Kier alpha value is -2.38. The van der Waals surface area contributed by atoms with Gasteiger partial charge in [0.2, 0.25) is 0 Å². The molecule has 27 heavy (non-hydrogen) atoms. The molecule has 0 spiro atoms. The molecule has 0 radical (unpaired) electrons. The van der Waals surface area contributed by atoms with Crippen LogP contribution in [0.4, 0.5) is 0 Å². The van der Waals surface area contributed by atoms with Crippen molar-refractivity contribution >= 4 is 11.9 Å². The van der Waals surface area contributed by atoms with E-state index in [1.165, 1.54) is 4.68 Å². The zero-order valence-corrected chi connectivity index (χ0v) is 15.4. The van der Waals surface area contributed by atoms with E-state index in [0.717, 1.165) is 64.2 Å². The van der Waals surface area contributed by atoms with Crippen molar-refractivity contribution in [1.82, 2.24) is 15.1 Å². The lowest BCUT2D eigenvalue weighted by molar-refractivity contribution is -0.135. The van der Waals surface area contributed by atoms with Crippen molar-refractivity contribution in [3.8, 4) is 5.75 Å². The fourth-order valence-corrected chi connectivity index (χ4v) is 4.23. The Balaban J connectivity index is 2.04. The number of carboxylic acids is 1. The van der Waals surface area contributed by atoms with E-state index in [9.17, 15) is 19.5 Å². The third kappa shape index (κ3) is 4.31. The Labute approximate surface area is 157 Å². The molecule has 2 fully saturated rings. The van der Waals surface area contributed by atoms with Gasteiger partial charge in [0, 0.05) is 5.92 Å². The quantitative estimate of drug-likeness (QED) is 0.724. The maximum Gasteiger partial charge on any atom is 0.322 e. The zero-order chi connectivity index (χ0) is 19.4. The number of nitrogens with one attached hydrogen (secondary N) is 1. The van der Waals surface area contributed by atoms with E-state index in [4.69, 9.17) is 5.11 Å². The van der Waals surface area contributed by atoms with Gasteiger partial charge in [0.05, 0.1) is 6.04 Å². The van der Waals surface area contributed by atoms with Crippen LogP contribution in [-0.4, -0.2) is 38.4 Å². The lowest BCUT2D eigenvalue weighted by Gasteiger charge is -2.27. The number of nitrogens with zero attached hydrogens (tertiary/aromatic N) is 2. The van der Waals surface area contributed by atoms with Crippen molar-refractivity contribution in [2.24, 2.45) is 0 Å². The SMILES string of the molecule is O=C(O)CNC(=O)c1c(O)c(C2CCCCC2)nn(C2CCCCC2)c1=O. The molecule has 1 aromatic rings. The average Bonchev–Trinajstić information content (AvgIpc) is 2.68. The Morgan fingerprint density at radius 1 is 1.04 bits per heavy atom. The minimum absolute atomic E-state index is 0.0141. The number of hydrogen-bond donors (Lipinski definition) is 3. The molecule has 2 aliphatic carbocycles. The van der Waals surface area contributed by atoms with E-state index in [-0.39, 0.29) is 23.3 Å². The summed E-state index contributed by atoms with van der Waals surface area (Å²) in [4.78, 5) is 36.2. The highest BCUT2D eigenvalue weighted by Gasteiger charge is 2.30. The second-order valence-corrected chi connectivity index (χ2v) is 7.56. The van der Waals surface area contributed by atoms with Crippen molar-refractivity contribution in [2.75, 3.05) is 6.54 Å². The van der Waals surface area contributed by atoms with Crippen LogP contribution in [0.2, 0.25) is 0 Å². The number of carboxylic acid groups (broad SMARTS) is 1. The maximum absolute atomic E-state index is 12.9. The topological polar surface area (TPSA) is 122 Å². The summed E-state index contributed by atoms with van der Waals surface area (Å²) in [6.07, 6.45) is 9.65. The first kappa shape index (κ1) is 19.4. The van der Waals surface area contributed by atoms with Crippen LogP contribution >= 0.6 is 0 Å². The highest BCUT2D eigenvalue weighted by molar-refractivity contribution is 5.98. The number of carbonyl (C=O) groups excluding carboxylic acids is 1. The molecule has 8 heteroatoms. The van der Waals surface area contributed by atoms with Crippen LogP contribution in [0.1, 0.15) is 92.2 Å². The van der Waals surface area contributed by atoms with Gasteiger partial charge >= 0.3 is 5.97 Å². The van der Waals surface area contributed by atoms with Gasteiger partial charge in [-0.2, -0.15) is 5.10 Å². The standard InChI is InChI=1S/C19H27N3O5/c23-14(24)11-20-18(26)15-17(25)16(12-7-3-1-4-8-12)21-22(19(15)27)13-9-5-2-6-10-13/h12-13,25H,1-11H2,(H,20,26)(H,23,24). The first-order valence-electron chi connectivity index (χ1n) is 9.84. The highest BCUT2D eigenvalue weighted by atomic mass is 16.4. The Morgan fingerprint density at radius 3 is 2.22 bits per heavy atom. The summed E-state index contributed by atoms with van der Waals surface area (Å²) in [5, 5.41) is 26.2. The predicted octanol–water partition coefficient (Wildman–Crippen LogP) is 2.32. The van der Waals surface area contributed by atoms with E-state index < -0.39 is 24.0 Å². The first-order valence-corrected chi connectivity index (χ1v) is 9.84. The molecule has 2 saturated carbocycles. The molecular formula is C19H27N3O5. The highest BCUT2D eigenvalue weighted by Crippen LogP contribution is 2.37. The van der Waals surface area contributed by atoms with E-state index in [0.29, 0.717) is 5.69 Å². The van der Waals surface area contributed by atoms with E-state index in [2.05, 4.69) is 10.4 Å². The largest absolute Gasteiger partial charge is 0.505 e. The molecule has 3 N–H and O–H groups in total. The second-order valence-electron chi connectivity index (χ2n) is 7.56. The van der Waals surface area contributed by atoms with Crippen LogP contribution in [0, 0.1) is 0 Å². The van der Waals surface area contributed by atoms with Gasteiger partial charge in [-0.15, -0.1) is 0 Å². The Morgan fingerprint density at radius 2 is 1.63 bits per heavy atom. The molecule has 0 saturated heterocycles. The van der Waals surface area contributed by atoms with Crippen LogP contribution in [0.3, 0.4) is 0 Å². The normalized spacial score (nSPS) is 19.0. The predicted molar refractivity (Wildman–Crippen MR) is 98.1 cm³/mol. The molecule has 1 amide bonds. The van der Waals surface area contributed by atoms with E-state index >= 15 is 0 Å². The summed E-state index contributed by atoms with van der Waals surface area (Å²) in [6, 6.07) is -0.0831. The van der Waals surface area contributed by atoms with Gasteiger partial charge in [-0.3, -0.25) is 14.4 Å². The molecule has 0 unspecified atom stereocenters. The Bertz CT molecular complexity index is 761. The zero-order valence-electron chi connectivity index (χ0n) is 15.4. The van der Waals surface area contributed by atoms with E-state index in [1.54, 1.807) is 0 Å². The number of carbonyl (C=O) groups is 2. The fraction of sp³-hybridized carbons (Fsp3) is 0.684. The Kier molecular flexibility index (Phi) is 6.13. The van der Waals surface area contributed by atoms with E-state index in [1.807, 2.05) is 0 Å². The van der Waals surface area contributed by atoms with Gasteiger partial charge < -0.3 is 15.5 Å². The maximum atomic E-state index is 12.9.